The summed E-state index contributed by atoms with van der Waals surface area (Å²) >= 11 is 0. The Morgan fingerprint density at radius 1 is 1.08 bits per heavy atom. The van der Waals surface area contributed by atoms with Crippen LogP contribution in [0.3, 0.4) is 0 Å². The van der Waals surface area contributed by atoms with Crippen molar-refractivity contribution in [2.45, 2.75) is 83.8 Å². The van der Waals surface area contributed by atoms with E-state index in [-0.39, 0.29) is 23.5 Å². The van der Waals surface area contributed by atoms with Crippen LogP contribution in [0.1, 0.15) is 70.8 Å². The Hall–Kier alpha value is -2.67. The Morgan fingerprint density at radius 3 is 2.63 bits per heavy atom. The molecule has 0 heterocycles. The minimum Gasteiger partial charge on any atom is -0.467 e. The average Bonchev–Trinajstić information content (AvgIpc) is 3.22. The van der Waals surface area contributed by atoms with Crippen molar-refractivity contribution in [2.75, 3.05) is 13.7 Å². The third kappa shape index (κ3) is 5.02. The highest BCUT2D eigenvalue weighted by molar-refractivity contribution is 5.96. The molecule has 5 rings (SSSR count). The van der Waals surface area contributed by atoms with E-state index in [1.807, 2.05) is 30.3 Å². The highest BCUT2D eigenvalue weighted by Crippen LogP contribution is 2.65. The van der Waals surface area contributed by atoms with Crippen LogP contribution >= 0.6 is 0 Å². The summed E-state index contributed by atoms with van der Waals surface area (Å²) in [7, 11) is 1.32. The van der Waals surface area contributed by atoms with Crippen LogP contribution in [0.5, 0.6) is 0 Å². The minimum atomic E-state index is -0.780. The molecule has 0 bridgehead atoms. The summed E-state index contributed by atoms with van der Waals surface area (Å²) in [4.78, 5) is 30.2. The molecule has 4 aliphatic rings. The van der Waals surface area contributed by atoms with Crippen LogP contribution in [0.2, 0.25) is 0 Å². The molecular formula is C31H42N2O5. The number of aliphatic hydroxyl groups excluding tert-OH is 1. The molecule has 0 aromatic heterocycles. The summed E-state index contributed by atoms with van der Waals surface area (Å²) in [6.45, 7) is 4.52. The van der Waals surface area contributed by atoms with Gasteiger partial charge in [0.15, 0.2) is 6.61 Å². The van der Waals surface area contributed by atoms with Gasteiger partial charge in [0.2, 0.25) is 0 Å². The first-order valence-electron chi connectivity index (χ1n) is 14.2. The van der Waals surface area contributed by atoms with E-state index >= 15 is 0 Å². The van der Waals surface area contributed by atoms with E-state index in [9.17, 15) is 14.7 Å². The van der Waals surface area contributed by atoms with E-state index < -0.39 is 17.9 Å². The van der Waals surface area contributed by atoms with Gasteiger partial charge in [-0.1, -0.05) is 54.9 Å². The average molecular weight is 523 g/mol. The molecule has 3 saturated carbocycles. The number of hydrogen-bond donors (Lipinski definition) is 2. The molecule has 0 radical (unpaired) electrons. The molecule has 0 aliphatic heterocycles. The van der Waals surface area contributed by atoms with Crippen molar-refractivity contribution >= 4 is 17.6 Å². The van der Waals surface area contributed by atoms with Gasteiger partial charge in [0.05, 0.1) is 18.9 Å². The third-order valence-electron chi connectivity index (χ3n) is 10.4. The fourth-order valence-electron chi connectivity index (χ4n) is 8.21. The monoisotopic (exact) mass is 522 g/mol. The molecule has 38 heavy (non-hydrogen) atoms. The largest absolute Gasteiger partial charge is 0.467 e. The molecule has 206 valence electrons. The normalized spacial score (nSPS) is 35.8. The number of aliphatic hydroxyl groups is 1. The van der Waals surface area contributed by atoms with E-state index in [0.717, 1.165) is 43.4 Å². The standard InChI is InChI=1S/C31H42N2O5/c1-30-15-13-22(18-21(30)9-10-23-24-11-12-27(34)31(24,2)16-14-25(23)30)33-38-19-28(35)32-26(29(36)37-3)17-20-7-5-4-6-8-20/h4-8,18,23-27,34H,9-17,19H2,1-3H3,(H,32,35)/b33-22+/t23-,24+,25+,26+,27+,30+,31+/m1/s1. The van der Waals surface area contributed by atoms with Crippen molar-refractivity contribution in [3.05, 3.63) is 47.5 Å². The molecule has 0 saturated heterocycles. The van der Waals surface area contributed by atoms with Crippen molar-refractivity contribution in [1.29, 1.82) is 0 Å². The van der Waals surface area contributed by atoms with E-state index in [4.69, 9.17) is 9.57 Å². The Labute approximate surface area is 226 Å². The second-order valence-corrected chi connectivity index (χ2v) is 12.3. The predicted octanol–water partition coefficient (Wildman–Crippen LogP) is 4.58. The molecule has 4 aliphatic carbocycles. The summed E-state index contributed by atoms with van der Waals surface area (Å²) in [5.74, 6) is 1.11. The van der Waals surface area contributed by atoms with Gasteiger partial charge in [-0.15, -0.1) is 0 Å². The maximum absolute atomic E-state index is 12.5. The SMILES string of the molecule is COC(=O)[C@H](Cc1ccccc1)NC(=O)CO/N=C1/C=C2CC[C@@H]3[C@@H]4CC[C@H](O)[C@@]4(C)CC[C@@H]3[C@@]2(C)CC1. The first-order chi connectivity index (χ1) is 18.2. The van der Waals surface area contributed by atoms with Gasteiger partial charge in [0, 0.05) is 6.42 Å². The maximum Gasteiger partial charge on any atom is 0.328 e. The number of fused-ring (bicyclic) bond motifs is 5. The number of nitrogens with one attached hydrogen (secondary N) is 1. The summed E-state index contributed by atoms with van der Waals surface area (Å²) in [5, 5.41) is 17.7. The second-order valence-electron chi connectivity index (χ2n) is 12.3. The zero-order chi connectivity index (χ0) is 26.9. The summed E-state index contributed by atoms with van der Waals surface area (Å²) < 4.78 is 4.87. The zero-order valence-electron chi connectivity index (χ0n) is 22.9. The lowest BCUT2D eigenvalue weighted by Crippen LogP contribution is -2.51. The lowest BCUT2D eigenvalue weighted by atomic mass is 9.47. The van der Waals surface area contributed by atoms with Gasteiger partial charge in [0.1, 0.15) is 6.04 Å². The van der Waals surface area contributed by atoms with Crippen molar-refractivity contribution in [1.82, 2.24) is 5.32 Å². The quantitative estimate of drug-likeness (QED) is 0.404. The van der Waals surface area contributed by atoms with Gasteiger partial charge >= 0.3 is 5.97 Å². The van der Waals surface area contributed by atoms with E-state index in [1.54, 1.807) is 0 Å². The summed E-state index contributed by atoms with van der Waals surface area (Å²) in [6, 6.07) is 8.73. The molecule has 1 amide bonds. The number of nitrogens with zero attached hydrogens (tertiary/aromatic N) is 1. The summed E-state index contributed by atoms with van der Waals surface area (Å²) in [6.07, 6.45) is 11.0. The molecule has 0 spiro atoms. The fourth-order valence-corrected chi connectivity index (χ4v) is 8.21. The zero-order valence-corrected chi connectivity index (χ0v) is 22.9. The number of hydrogen-bond acceptors (Lipinski definition) is 6. The number of esters is 1. The number of carbonyl (C=O) groups is 2. The molecule has 1 aromatic rings. The van der Waals surface area contributed by atoms with Gasteiger partial charge in [-0.25, -0.2) is 4.79 Å². The molecule has 0 unspecified atom stereocenters. The van der Waals surface area contributed by atoms with Gasteiger partial charge in [-0.05, 0) is 91.6 Å². The van der Waals surface area contributed by atoms with Crippen LogP contribution in [0.25, 0.3) is 0 Å². The number of oxime groups is 1. The van der Waals surface area contributed by atoms with E-state index in [0.29, 0.717) is 24.2 Å². The number of benzene rings is 1. The smallest absolute Gasteiger partial charge is 0.328 e. The van der Waals surface area contributed by atoms with Crippen LogP contribution in [0, 0.1) is 28.6 Å². The predicted molar refractivity (Wildman–Crippen MR) is 145 cm³/mol. The molecule has 1 aromatic carbocycles. The van der Waals surface area contributed by atoms with Gasteiger partial charge in [-0.2, -0.15) is 0 Å². The molecular weight excluding hydrogens is 480 g/mol. The first kappa shape index (κ1) is 26.9. The number of ether oxygens (including phenoxy) is 1. The Morgan fingerprint density at radius 2 is 1.87 bits per heavy atom. The van der Waals surface area contributed by atoms with Crippen molar-refractivity contribution in [2.24, 2.45) is 33.7 Å². The second kappa shape index (κ2) is 10.8. The third-order valence-corrected chi connectivity index (χ3v) is 10.4. The Balaban J connectivity index is 1.18. The lowest BCUT2D eigenvalue weighted by molar-refractivity contribution is -0.145. The topological polar surface area (TPSA) is 97.2 Å². The van der Waals surface area contributed by atoms with Crippen LogP contribution in [-0.2, 0) is 25.6 Å². The number of methoxy groups -OCH3 is 1. The Kier molecular flexibility index (Phi) is 7.67. The van der Waals surface area contributed by atoms with Gasteiger partial charge in [-0.3, -0.25) is 4.79 Å². The highest BCUT2D eigenvalue weighted by atomic mass is 16.6. The molecule has 7 heteroatoms. The number of carbonyl (C=O) groups excluding carboxylic acids is 2. The van der Waals surface area contributed by atoms with Crippen molar-refractivity contribution in [3.63, 3.8) is 0 Å². The molecule has 7 atom stereocenters. The highest BCUT2D eigenvalue weighted by Gasteiger charge is 2.58. The van der Waals surface area contributed by atoms with Crippen LogP contribution in [-0.4, -0.2) is 48.6 Å². The maximum atomic E-state index is 12.5. The number of rotatable bonds is 7. The van der Waals surface area contributed by atoms with E-state index in [2.05, 4.69) is 30.4 Å². The minimum absolute atomic E-state index is 0.0996. The van der Waals surface area contributed by atoms with Crippen molar-refractivity contribution in [3.8, 4) is 0 Å². The van der Waals surface area contributed by atoms with Crippen LogP contribution in [0.4, 0.5) is 0 Å². The van der Waals surface area contributed by atoms with Crippen LogP contribution < -0.4 is 5.32 Å². The number of amides is 1. The fraction of sp³-hybridized carbons (Fsp3) is 0.645. The number of allylic oxidation sites excluding steroid dienone is 2. The molecule has 7 nitrogen and oxygen atoms in total. The first-order valence-corrected chi connectivity index (χ1v) is 14.2. The van der Waals surface area contributed by atoms with Crippen molar-refractivity contribution < 1.29 is 24.3 Å². The van der Waals surface area contributed by atoms with Crippen LogP contribution in [0.15, 0.2) is 47.1 Å². The molecule has 3 fully saturated rings. The van der Waals surface area contributed by atoms with Gasteiger partial charge in [0.25, 0.3) is 5.91 Å². The Bertz CT molecular complexity index is 1100. The molecule has 2 N–H and O–H groups in total. The lowest BCUT2D eigenvalue weighted by Gasteiger charge is -2.57. The summed E-state index contributed by atoms with van der Waals surface area (Å²) in [5.41, 5.74) is 3.56. The van der Waals surface area contributed by atoms with E-state index in [1.165, 1.54) is 31.9 Å². The van der Waals surface area contributed by atoms with Gasteiger partial charge < -0.3 is 20.0 Å².